The highest BCUT2D eigenvalue weighted by molar-refractivity contribution is 7.98. The molecule has 7 nitrogen and oxygen atoms in total. The van der Waals surface area contributed by atoms with E-state index < -0.39 is 0 Å². The Bertz CT molecular complexity index is 1260. The van der Waals surface area contributed by atoms with Crippen LogP contribution in [-0.4, -0.2) is 29.6 Å². The van der Waals surface area contributed by atoms with Crippen LogP contribution < -0.4 is 5.69 Å². The minimum Gasteiger partial charge on any atom is -0.272 e. The van der Waals surface area contributed by atoms with Crippen LogP contribution in [0.25, 0.3) is 16.9 Å². The minimum absolute atomic E-state index is 0.252. The highest BCUT2D eigenvalue weighted by Gasteiger charge is 2.14. The lowest BCUT2D eigenvalue weighted by molar-refractivity contribution is 0.692. The summed E-state index contributed by atoms with van der Waals surface area (Å²) >= 11 is 1.75. The highest BCUT2D eigenvalue weighted by atomic mass is 32.2. The first-order chi connectivity index (χ1) is 14.3. The number of hydrogen-bond donors (Lipinski definition) is 0. The van der Waals surface area contributed by atoms with Crippen LogP contribution in [0, 0.1) is 20.8 Å². The summed E-state index contributed by atoms with van der Waals surface area (Å²) in [5.41, 5.74) is 7.16. The number of benzene rings is 2. The number of rotatable bonds is 5. The summed E-state index contributed by atoms with van der Waals surface area (Å²) < 4.78 is 4.49. The Kier molecular flexibility index (Phi) is 5.34. The van der Waals surface area contributed by atoms with Crippen molar-refractivity contribution in [2.75, 3.05) is 0 Å². The summed E-state index contributed by atoms with van der Waals surface area (Å²) in [7, 11) is 3.56. The van der Waals surface area contributed by atoms with Gasteiger partial charge in [0.25, 0.3) is 0 Å². The fourth-order valence-corrected chi connectivity index (χ4v) is 4.49. The van der Waals surface area contributed by atoms with Crippen molar-refractivity contribution >= 4 is 11.8 Å². The number of aryl methyl sites for hydroxylation is 5. The SMILES string of the molecule is Cc1cc(-c2cc(C)n(C)n2)ccc1SCc1c(C)cccc1-n1nnn(C)c1=O. The lowest BCUT2D eigenvalue weighted by Gasteiger charge is -2.13. The predicted octanol–water partition coefficient (Wildman–Crippen LogP) is 3.58. The van der Waals surface area contributed by atoms with Gasteiger partial charge in [-0.2, -0.15) is 14.5 Å². The summed E-state index contributed by atoms with van der Waals surface area (Å²) in [6.45, 7) is 6.23. The molecule has 0 bridgehead atoms. The first-order valence-corrected chi connectivity index (χ1v) is 10.7. The molecule has 2 aromatic carbocycles. The average molecular weight is 421 g/mol. The second-order valence-electron chi connectivity index (χ2n) is 7.43. The zero-order valence-corrected chi connectivity index (χ0v) is 18.6. The normalized spacial score (nSPS) is 11.2. The average Bonchev–Trinajstić information content (AvgIpc) is 3.23. The molecule has 154 valence electrons. The molecule has 0 aliphatic heterocycles. The van der Waals surface area contributed by atoms with Crippen molar-refractivity contribution in [2.24, 2.45) is 14.1 Å². The third kappa shape index (κ3) is 3.70. The topological polar surface area (TPSA) is 70.5 Å². The van der Waals surface area contributed by atoms with Crippen molar-refractivity contribution in [3.63, 3.8) is 0 Å². The molecule has 0 fully saturated rings. The molecular weight excluding hydrogens is 396 g/mol. The van der Waals surface area contributed by atoms with Gasteiger partial charge in [-0.3, -0.25) is 4.68 Å². The maximum atomic E-state index is 12.3. The summed E-state index contributed by atoms with van der Waals surface area (Å²) in [4.78, 5) is 13.5. The number of nitrogens with zero attached hydrogens (tertiary/aromatic N) is 6. The van der Waals surface area contributed by atoms with Gasteiger partial charge in [-0.05, 0) is 72.2 Å². The van der Waals surface area contributed by atoms with Gasteiger partial charge < -0.3 is 0 Å². The summed E-state index contributed by atoms with van der Waals surface area (Å²) in [5.74, 6) is 0.730. The molecule has 2 aromatic heterocycles. The Hall–Kier alpha value is -3.13. The number of aromatic nitrogens is 6. The van der Waals surface area contributed by atoms with Crippen LogP contribution in [0.4, 0.5) is 0 Å². The van der Waals surface area contributed by atoms with Gasteiger partial charge in [0.15, 0.2) is 0 Å². The number of thioether (sulfide) groups is 1. The first kappa shape index (κ1) is 20.2. The van der Waals surface area contributed by atoms with Crippen LogP contribution in [-0.2, 0) is 19.8 Å². The molecular formula is C22H24N6OS. The Balaban J connectivity index is 1.61. The first-order valence-electron chi connectivity index (χ1n) is 9.67. The second kappa shape index (κ2) is 7.95. The van der Waals surface area contributed by atoms with Gasteiger partial charge >= 0.3 is 5.69 Å². The lowest BCUT2D eigenvalue weighted by atomic mass is 10.1. The quantitative estimate of drug-likeness (QED) is 0.462. The van der Waals surface area contributed by atoms with Crippen molar-refractivity contribution in [3.8, 4) is 16.9 Å². The van der Waals surface area contributed by atoms with E-state index in [0.717, 1.165) is 39.5 Å². The molecule has 4 aromatic rings. The van der Waals surface area contributed by atoms with Crippen molar-refractivity contribution in [2.45, 2.75) is 31.4 Å². The molecule has 2 heterocycles. The third-order valence-electron chi connectivity index (χ3n) is 5.29. The van der Waals surface area contributed by atoms with E-state index in [1.807, 2.05) is 23.9 Å². The minimum atomic E-state index is -0.252. The highest BCUT2D eigenvalue weighted by Crippen LogP contribution is 2.32. The Morgan fingerprint density at radius 1 is 0.933 bits per heavy atom. The molecule has 0 saturated carbocycles. The Morgan fingerprint density at radius 2 is 1.73 bits per heavy atom. The monoisotopic (exact) mass is 420 g/mol. The largest absolute Gasteiger partial charge is 0.368 e. The van der Waals surface area contributed by atoms with E-state index in [2.05, 4.69) is 66.6 Å². The molecule has 0 aliphatic carbocycles. The fraction of sp³-hybridized carbons (Fsp3) is 0.273. The van der Waals surface area contributed by atoms with Gasteiger partial charge in [0.2, 0.25) is 0 Å². The van der Waals surface area contributed by atoms with Gasteiger partial charge in [0.05, 0.1) is 11.4 Å². The number of tetrazole rings is 1. The Labute approximate surface area is 179 Å². The van der Waals surface area contributed by atoms with Gasteiger partial charge in [-0.15, -0.1) is 11.8 Å². The molecule has 0 saturated heterocycles. The van der Waals surface area contributed by atoms with Crippen molar-refractivity contribution < 1.29 is 0 Å². The molecule has 0 aliphatic rings. The van der Waals surface area contributed by atoms with E-state index in [1.165, 1.54) is 19.8 Å². The van der Waals surface area contributed by atoms with E-state index in [0.29, 0.717) is 0 Å². The third-order valence-corrected chi connectivity index (χ3v) is 6.49. The molecule has 8 heteroatoms. The molecule has 0 N–H and O–H groups in total. The number of hydrogen-bond acceptors (Lipinski definition) is 5. The van der Waals surface area contributed by atoms with Crippen molar-refractivity contribution in [1.82, 2.24) is 29.6 Å². The second-order valence-corrected chi connectivity index (χ2v) is 8.45. The van der Waals surface area contributed by atoms with E-state index in [-0.39, 0.29) is 5.69 Å². The maximum absolute atomic E-state index is 12.3. The molecule has 0 amide bonds. The summed E-state index contributed by atoms with van der Waals surface area (Å²) in [5, 5.41) is 12.4. The van der Waals surface area contributed by atoms with Crippen LogP contribution >= 0.6 is 11.8 Å². The van der Waals surface area contributed by atoms with Gasteiger partial charge in [-0.1, -0.05) is 18.2 Å². The van der Waals surface area contributed by atoms with E-state index in [9.17, 15) is 4.79 Å². The van der Waals surface area contributed by atoms with E-state index in [4.69, 9.17) is 0 Å². The van der Waals surface area contributed by atoms with Gasteiger partial charge in [0, 0.05) is 36.0 Å². The van der Waals surface area contributed by atoms with Gasteiger partial charge in [0.1, 0.15) is 0 Å². The van der Waals surface area contributed by atoms with Crippen molar-refractivity contribution in [3.05, 3.63) is 75.3 Å². The molecule has 30 heavy (non-hydrogen) atoms. The summed E-state index contributed by atoms with van der Waals surface area (Å²) in [6.07, 6.45) is 0. The van der Waals surface area contributed by atoms with Crippen LogP contribution in [0.2, 0.25) is 0 Å². The lowest BCUT2D eigenvalue weighted by Crippen LogP contribution is -2.23. The van der Waals surface area contributed by atoms with Crippen molar-refractivity contribution in [1.29, 1.82) is 0 Å². The molecule has 0 unspecified atom stereocenters. The van der Waals surface area contributed by atoms with E-state index >= 15 is 0 Å². The van der Waals surface area contributed by atoms with Crippen LogP contribution in [0.5, 0.6) is 0 Å². The zero-order chi connectivity index (χ0) is 21.4. The molecule has 0 radical (unpaired) electrons. The molecule has 0 spiro atoms. The fourth-order valence-electron chi connectivity index (χ4n) is 3.36. The van der Waals surface area contributed by atoms with Crippen LogP contribution in [0.15, 0.2) is 52.2 Å². The summed E-state index contributed by atoms with van der Waals surface area (Å²) in [6, 6.07) is 14.4. The predicted molar refractivity (Wildman–Crippen MR) is 119 cm³/mol. The van der Waals surface area contributed by atoms with E-state index in [1.54, 1.807) is 18.8 Å². The molecule has 0 atom stereocenters. The standard InChI is InChI=1S/C22H24N6OS/c1-14-7-6-8-20(28-22(29)27(5)24-25-28)18(14)13-30-21-10-9-17(11-15(21)2)19-12-16(3)26(4)23-19/h6-12H,13H2,1-5H3. The smallest absolute Gasteiger partial charge is 0.272 e. The Morgan fingerprint density at radius 3 is 2.37 bits per heavy atom. The maximum Gasteiger partial charge on any atom is 0.368 e. The molecule has 4 rings (SSSR count). The van der Waals surface area contributed by atoms with Crippen LogP contribution in [0.3, 0.4) is 0 Å². The zero-order valence-electron chi connectivity index (χ0n) is 17.7. The van der Waals surface area contributed by atoms with Gasteiger partial charge in [-0.25, -0.2) is 4.79 Å². The van der Waals surface area contributed by atoms with Crippen LogP contribution in [0.1, 0.15) is 22.4 Å².